The monoisotopic (exact) mass is 437 g/mol. The summed E-state index contributed by atoms with van der Waals surface area (Å²) in [6.45, 7) is 0. The molecule has 0 aliphatic carbocycles. The van der Waals surface area contributed by atoms with Gasteiger partial charge in [-0.25, -0.2) is 0 Å². The SMILES string of the molecule is COc1cccc(C=Cc2ccc(N(c3cccc(OC)c3)c3cccc(OC)c3)cc2)c1. The van der Waals surface area contributed by atoms with Crippen LogP contribution >= 0.6 is 0 Å². The largest absolute Gasteiger partial charge is 0.497 e. The molecule has 0 unspecified atom stereocenters. The molecule has 33 heavy (non-hydrogen) atoms. The number of nitrogens with zero attached hydrogens (tertiary/aromatic N) is 1. The molecule has 4 heteroatoms. The number of methoxy groups -OCH3 is 3. The molecule has 0 saturated carbocycles. The number of benzene rings is 4. The topological polar surface area (TPSA) is 30.9 Å². The van der Waals surface area contributed by atoms with Crippen molar-refractivity contribution in [3.8, 4) is 17.2 Å². The fourth-order valence-electron chi connectivity index (χ4n) is 3.62. The van der Waals surface area contributed by atoms with Crippen LogP contribution in [0.2, 0.25) is 0 Å². The smallest absolute Gasteiger partial charge is 0.120 e. The van der Waals surface area contributed by atoms with Gasteiger partial charge in [0.25, 0.3) is 0 Å². The van der Waals surface area contributed by atoms with Crippen LogP contribution in [0.25, 0.3) is 12.2 Å². The first kappa shape index (κ1) is 22.0. The fraction of sp³-hybridized carbons (Fsp3) is 0.103. The molecule has 0 spiro atoms. The normalized spacial score (nSPS) is 10.8. The first-order chi connectivity index (χ1) is 16.2. The molecule has 0 amide bonds. The minimum Gasteiger partial charge on any atom is -0.497 e. The Morgan fingerprint density at radius 3 is 1.52 bits per heavy atom. The van der Waals surface area contributed by atoms with E-state index < -0.39 is 0 Å². The summed E-state index contributed by atoms with van der Waals surface area (Å²) in [7, 11) is 5.04. The van der Waals surface area contributed by atoms with Crippen LogP contribution in [0.4, 0.5) is 17.1 Å². The van der Waals surface area contributed by atoms with E-state index in [1.807, 2.05) is 54.6 Å². The highest BCUT2D eigenvalue weighted by atomic mass is 16.5. The van der Waals surface area contributed by atoms with Gasteiger partial charge in [-0.15, -0.1) is 0 Å². The van der Waals surface area contributed by atoms with Crippen molar-refractivity contribution in [1.82, 2.24) is 0 Å². The highest BCUT2D eigenvalue weighted by Crippen LogP contribution is 2.37. The van der Waals surface area contributed by atoms with Crippen molar-refractivity contribution < 1.29 is 14.2 Å². The maximum Gasteiger partial charge on any atom is 0.120 e. The van der Waals surface area contributed by atoms with Gasteiger partial charge in [0.15, 0.2) is 0 Å². The number of rotatable bonds is 8. The molecule has 4 aromatic carbocycles. The van der Waals surface area contributed by atoms with E-state index >= 15 is 0 Å². The van der Waals surface area contributed by atoms with Gasteiger partial charge in [0.1, 0.15) is 17.2 Å². The zero-order chi connectivity index (χ0) is 23.0. The lowest BCUT2D eigenvalue weighted by Gasteiger charge is -2.26. The van der Waals surface area contributed by atoms with Crippen LogP contribution in [0.1, 0.15) is 11.1 Å². The van der Waals surface area contributed by atoms with Crippen LogP contribution in [-0.2, 0) is 0 Å². The van der Waals surface area contributed by atoms with Gasteiger partial charge in [0.05, 0.1) is 21.3 Å². The average Bonchev–Trinajstić information content (AvgIpc) is 2.89. The Labute approximate surface area is 195 Å². The number of ether oxygens (including phenoxy) is 3. The van der Waals surface area contributed by atoms with Crippen molar-refractivity contribution in [3.63, 3.8) is 0 Å². The Balaban J connectivity index is 1.67. The van der Waals surface area contributed by atoms with Crippen LogP contribution in [0.3, 0.4) is 0 Å². The summed E-state index contributed by atoms with van der Waals surface area (Å²) in [6, 6.07) is 32.5. The molecule has 4 nitrogen and oxygen atoms in total. The molecule has 4 aromatic rings. The number of hydrogen-bond acceptors (Lipinski definition) is 4. The van der Waals surface area contributed by atoms with Gasteiger partial charge in [0, 0.05) is 29.2 Å². The molecular weight excluding hydrogens is 410 g/mol. The second kappa shape index (κ2) is 10.4. The molecule has 0 bridgehead atoms. The van der Waals surface area contributed by atoms with Gasteiger partial charge in [-0.1, -0.05) is 48.6 Å². The molecule has 0 fully saturated rings. The van der Waals surface area contributed by atoms with Gasteiger partial charge >= 0.3 is 0 Å². The highest BCUT2D eigenvalue weighted by molar-refractivity contribution is 5.79. The second-order valence-corrected chi connectivity index (χ2v) is 7.44. The van der Waals surface area contributed by atoms with Crippen molar-refractivity contribution in [2.75, 3.05) is 26.2 Å². The average molecular weight is 438 g/mol. The Morgan fingerprint density at radius 2 is 0.970 bits per heavy atom. The van der Waals surface area contributed by atoms with E-state index in [1.165, 1.54) is 0 Å². The minimum atomic E-state index is 0.804. The number of anilines is 3. The zero-order valence-electron chi connectivity index (χ0n) is 19.1. The predicted molar refractivity (Wildman–Crippen MR) is 136 cm³/mol. The summed E-state index contributed by atoms with van der Waals surface area (Å²) in [4.78, 5) is 2.18. The zero-order valence-corrected chi connectivity index (χ0v) is 19.1. The van der Waals surface area contributed by atoms with Crippen molar-refractivity contribution in [1.29, 1.82) is 0 Å². The van der Waals surface area contributed by atoms with Crippen LogP contribution in [-0.4, -0.2) is 21.3 Å². The van der Waals surface area contributed by atoms with Crippen LogP contribution in [0.15, 0.2) is 97.1 Å². The van der Waals surface area contributed by atoms with Crippen molar-refractivity contribution in [2.45, 2.75) is 0 Å². The molecule has 0 radical (unpaired) electrons. The van der Waals surface area contributed by atoms with E-state index in [4.69, 9.17) is 14.2 Å². The maximum absolute atomic E-state index is 5.46. The van der Waals surface area contributed by atoms with Gasteiger partial charge in [0.2, 0.25) is 0 Å². The van der Waals surface area contributed by atoms with Gasteiger partial charge in [-0.2, -0.15) is 0 Å². The van der Waals surface area contributed by atoms with Crippen molar-refractivity contribution in [3.05, 3.63) is 108 Å². The highest BCUT2D eigenvalue weighted by Gasteiger charge is 2.14. The number of hydrogen-bond donors (Lipinski definition) is 0. The molecule has 0 N–H and O–H groups in total. The first-order valence-electron chi connectivity index (χ1n) is 10.7. The van der Waals surface area contributed by atoms with Gasteiger partial charge < -0.3 is 19.1 Å². The summed E-state index contributed by atoms with van der Waals surface area (Å²) in [5.41, 5.74) is 5.24. The van der Waals surface area contributed by atoms with E-state index in [2.05, 4.69) is 59.5 Å². The Morgan fingerprint density at radius 1 is 0.485 bits per heavy atom. The Bertz CT molecular complexity index is 1180. The Kier molecular flexibility index (Phi) is 6.96. The molecular formula is C29H27NO3. The van der Waals surface area contributed by atoms with Crippen molar-refractivity contribution in [2.24, 2.45) is 0 Å². The summed E-state index contributed by atoms with van der Waals surface area (Å²) in [6.07, 6.45) is 4.18. The van der Waals surface area contributed by atoms with E-state index in [9.17, 15) is 0 Å². The summed E-state index contributed by atoms with van der Waals surface area (Å²) < 4.78 is 16.2. The second-order valence-electron chi connectivity index (χ2n) is 7.44. The summed E-state index contributed by atoms with van der Waals surface area (Å²) in [5.74, 6) is 2.45. The lowest BCUT2D eigenvalue weighted by atomic mass is 10.1. The maximum atomic E-state index is 5.46. The first-order valence-corrected chi connectivity index (χ1v) is 10.7. The Hall–Kier alpha value is -4.18. The van der Waals surface area contributed by atoms with Gasteiger partial charge in [-0.3, -0.25) is 0 Å². The molecule has 0 aliphatic heterocycles. The lowest BCUT2D eigenvalue weighted by Crippen LogP contribution is -2.10. The molecule has 0 saturated heterocycles. The van der Waals surface area contributed by atoms with Crippen LogP contribution in [0, 0.1) is 0 Å². The minimum absolute atomic E-state index is 0.804. The van der Waals surface area contributed by atoms with Gasteiger partial charge in [-0.05, 0) is 59.7 Å². The van der Waals surface area contributed by atoms with Crippen molar-refractivity contribution >= 4 is 29.2 Å². The predicted octanol–water partition coefficient (Wildman–Crippen LogP) is 7.35. The molecule has 0 heterocycles. The third kappa shape index (κ3) is 5.36. The quantitative estimate of drug-likeness (QED) is 0.270. The summed E-state index contributed by atoms with van der Waals surface area (Å²) >= 11 is 0. The van der Waals surface area contributed by atoms with E-state index in [1.54, 1.807) is 21.3 Å². The van der Waals surface area contributed by atoms with Crippen LogP contribution in [0.5, 0.6) is 17.2 Å². The molecule has 0 aliphatic rings. The molecule has 0 atom stereocenters. The fourth-order valence-corrected chi connectivity index (χ4v) is 3.62. The van der Waals surface area contributed by atoms with E-state index in [0.29, 0.717) is 0 Å². The van der Waals surface area contributed by atoms with E-state index in [0.717, 1.165) is 45.4 Å². The standard InChI is InChI=1S/C29H27NO3/c1-31-27-10-4-7-23(19-27)14-13-22-15-17-24(18-16-22)30(25-8-5-11-28(20-25)32-2)26-9-6-12-29(21-26)33-3/h4-21H,1-3H3. The molecule has 166 valence electrons. The molecule has 0 aromatic heterocycles. The third-order valence-electron chi connectivity index (χ3n) is 5.34. The molecule has 4 rings (SSSR count). The summed E-state index contributed by atoms with van der Waals surface area (Å²) in [5, 5.41) is 0. The van der Waals surface area contributed by atoms with E-state index in [-0.39, 0.29) is 0 Å². The third-order valence-corrected chi connectivity index (χ3v) is 5.34. The van der Waals surface area contributed by atoms with Crippen LogP contribution < -0.4 is 19.1 Å². The lowest BCUT2D eigenvalue weighted by molar-refractivity contribution is 0.414.